The minimum absolute atomic E-state index is 0.313. The Labute approximate surface area is 161 Å². The summed E-state index contributed by atoms with van der Waals surface area (Å²) in [5.74, 6) is 1.43. The van der Waals surface area contributed by atoms with E-state index in [2.05, 4.69) is 39.1 Å². The van der Waals surface area contributed by atoms with Gasteiger partial charge in [-0.05, 0) is 30.2 Å². The average molecular weight is 402 g/mol. The predicted molar refractivity (Wildman–Crippen MR) is 108 cm³/mol. The fourth-order valence-corrected chi connectivity index (χ4v) is 5.09. The number of rotatable bonds is 8. The number of sulfonamides is 1. The maximum Gasteiger partial charge on any atom is 0.250 e. The molecular formula is C17H31N5O2S2. The van der Waals surface area contributed by atoms with Crippen LogP contribution in [0.3, 0.4) is 0 Å². The van der Waals surface area contributed by atoms with Gasteiger partial charge in [0.2, 0.25) is 10.0 Å². The molecule has 1 aromatic rings. The zero-order chi connectivity index (χ0) is 19.0. The summed E-state index contributed by atoms with van der Waals surface area (Å²) in [4.78, 5) is 6.75. The molecule has 9 heteroatoms. The molecule has 7 nitrogen and oxygen atoms in total. The van der Waals surface area contributed by atoms with Crippen molar-refractivity contribution in [3.05, 3.63) is 17.5 Å². The van der Waals surface area contributed by atoms with Crippen LogP contribution in [0.15, 0.2) is 26.7 Å². The zero-order valence-corrected chi connectivity index (χ0v) is 17.5. The second-order valence-electron chi connectivity index (χ2n) is 6.94. The van der Waals surface area contributed by atoms with Gasteiger partial charge in [-0.25, -0.2) is 13.1 Å². The van der Waals surface area contributed by atoms with Crippen LogP contribution in [0.5, 0.6) is 0 Å². The van der Waals surface area contributed by atoms with Gasteiger partial charge in [0.25, 0.3) is 0 Å². The fraction of sp³-hybridized carbons (Fsp3) is 0.706. The standard InChI is InChI=1S/C17H31N5O2S2/c1-14(2)13-22-10-6-15(7-11-22)21-17(18-3)19-8-9-20-26(23,24)16-5-4-12-25-16/h4-5,12,14-15,20H,6-11,13H2,1-3H3,(H2,18,19,21). The van der Waals surface area contributed by atoms with E-state index in [1.807, 2.05) is 0 Å². The monoisotopic (exact) mass is 401 g/mol. The summed E-state index contributed by atoms with van der Waals surface area (Å²) in [6.45, 7) is 8.67. The summed E-state index contributed by atoms with van der Waals surface area (Å²) >= 11 is 1.21. The maximum atomic E-state index is 12.1. The van der Waals surface area contributed by atoms with Crippen LogP contribution in [0.1, 0.15) is 26.7 Å². The highest BCUT2D eigenvalue weighted by molar-refractivity contribution is 7.91. The average Bonchev–Trinajstić information content (AvgIpc) is 3.14. The third kappa shape index (κ3) is 6.86. The molecule has 1 saturated heterocycles. The maximum absolute atomic E-state index is 12.1. The van der Waals surface area contributed by atoms with E-state index in [4.69, 9.17) is 0 Å². The second kappa shape index (κ2) is 10.2. The molecule has 3 N–H and O–H groups in total. The number of thiophene rings is 1. The molecule has 2 heterocycles. The molecular weight excluding hydrogens is 370 g/mol. The normalized spacial score (nSPS) is 17.6. The summed E-state index contributed by atoms with van der Waals surface area (Å²) in [6, 6.07) is 3.75. The van der Waals surface area contributed by atoms with Gasteiger partial charge in [0.15, 0.2) is 5.96 Å². The Bertz CT molecular complexity index is 651. The first-order valence-corrected chi connectivity index (χ1v) is 11.5. The van der Waals surface area contributed by atoms with Gasteiger partial charge < -0.3 is 15.5 Å². The lowest BCUT2D eigenvalue weighted by Gasteiger charge is -2.33. The molecule has 26 heavy (non-hydrogen) atoms. The number of aliphatic imine (C=N–C) groups is 1. The summed E-state index contributed by atoms with van der Waals surface area (Å²) in [7, 11) is -1.67. The third-order valence-electron chi connectivity index (χ3n) is 4.24. The van der Waals surface area contributed by atoms with Gasteiger partial charge in [-0.2, -0.15) is 0 Å². The van der Waals surface area contributed by atoms with Crippen molar-refractivity contribution >= 4 is 27.3 Å². The van der Waals surface area contributed by atoms with E-state index >= 15 is 0 Å². The van der Waals surface area contributed by atoms with Gasteiger partial charge in [0.1, 0.15) is 4.21 Å². The fourth-order valence-electron chi connectivity index (χ4n) is 3.02. The number of guanidine groups is 1. The van der Waals surface area contributed by atoms with Crippen LogP contribution < -0.4 is 15.4 Å². The Hall–Kier alpha value is -1.16. The quantitative estimate of drug-likeness (QED) is 0.347. The number of nitrogens with one attached hydrogen (secondary N) is 3. The minimum atomic E-state index is -3.40. The van der Waals surface area contributed by atoms with Crippen LogP contribution in [0.25, 0.3) is 0 Å². The lowest BCUT2D eigenvalue weighted by atomic mass is 10.0. The molecule has 0 amide bonds. The lowest BCUT2D eigenvalue weighted by Crippen LogP contribution is -2.50. The van der Waals surface area contributed by atoms with Gasteiger partial charge in [-0.1, -0.05) is 19.9 Å². The van der Waals surface area contributed by atoms with Crippen molar-refractivity contribution in [2.75, 3.05) is 39.8 Å². The van der Waals surface area contributed by atoms with E-state index in [1.54, 1.807) is 24.6 Å². The van der Waals surface area contributed by atoms with Gasteiger partial charge >= 0.3 is 0 Å². The van der Waals surface area contributed by atoms with E-state index in [-0.39, 0.29) is 0 Å². The first-order valence-electron chi connectivity index (χ1n) is 9.13. The number of hydrogen-bond acceptors (Lipinski definition) is 5. The Balaban J connectivity index is 1.67. The number of nitrogens with zero attached hydrogens (tertiary/aromatic N) is 2. The second-order valence-corrected chi connectivity index (χ2v) is 9.88. The van der Waals surface area contributed by atoms with Crippen LogP contribution in [0.4, 0.5) is 0 Å². The molecule has 1 aliphatic rings. The molecule has 0 radical (unpaired) electrons. The SMILES string of the molecule is CN=C(NCCNS(=O)(=O)c1cccs1)NC1CCN(CC(C)C)CC1. The van der Waals surface area contributed by atoms with Crippen molar-refractivity contribution in [3.63, 3.8) is 0 Å². The van der Waals surface area contributed by atoms with Crippen LogP contribution in [0.2, 0.25) is 0 Å². The van der Waals surface area contributed by atoms with Crippen molar-refractivity contribution in [3.8, 4) is 0 Å². The molecule has 0 aromatic carbocycles. The van der Waals surface area contributed by atoms with E-state index in [0.717, 1.165) is 38.4 Å². The van der Waals surface area contributed by atoms with Crippen LogP contribution in [-0.2, 0) is 10.0 Å². The number of piperidine rings is 1. The summed E-state index contributed by atoms with van der Waals surface area (Å²) in [6.07, 6.45) is 2.19. The van der Waals surface area contributed by atoms with Gasteiger partial charge in [0.05, 0.1) is 0 Å². The number of likely N-dealkylation sites (tertiary alicyclic amines) is 1. The van der Waals surface area contributed by atoms with Crippen LogP contribution in [0, 0.1) is 5.92 Å². The minimum Gasteiger partial charge on any atom is -0.355 e. The zero-order valence-electron chi connectivity index (χ0n) is 15.9. The van der Waals surface area contributed by atoms with Crippen molar-refractivity contribution in [2.24, 2.45) is 10.9 Å². The highest BCUT2D eigenvalue weighted by atomic mass is 32.2. The van der Waals surface area contributed by atoms with Gasteiger partial charge in [0, 0.05) is 45.8 Å². The Morgan fingerprint density at radius 1 is 1.35 bits per heavy atom. The van der Waals surface area contributed by atoms with Gasteiger partial charge in [-0.15, -0.1) is 11.3 Å². The van der Waals surface area contributed by atoms with E-state index in [9.17, 15) is 8.42 Å². The van der Waals surface area contributed by atoms with E-state index in [1.165, 1.54) is 11.3 Å². The molecule has 0 saturated carbocycles. The predicted octanol–water partition coefficient (Wildman–Crippen LogP) is 1.31. The molecule has 148 valence electrons. The van der Waals surface area contributed by atoms with Crippen molar-refractivity contribution in [1.82, 2.24) is 20.3 Å². The largest absolute Gasteiger partial charge is 0.355 e. The first-order chi connectivity index (χ1) is 12.4. The summed E-state index contributed by atoms with van der Waals surface area (Å²) in [5.41, 5.74) is 0. The van der Waals surface area contributed by atoms with E-state index < -0.39 is 10.0 Å². The molecule has 0 aliphatic carbocycles. The molecule has 1 aliphatic heterocycles. The molecule has 2 rings (SSSR count). The van der Waals surface area contributed by atoms with Crippen LogP contribution in [-0.4, -0.2) is 65.1 Å². The molecule has 0 unspecified atom stereocenters. The molecule has 1 aromatic heterocycles. The van der Waals surface area contributed by atoms with Crippen LogP contribution >= 0.6 is 11.3 Å². The third-order valence-corrected chi connectivity index (χ3v) is 7.10. The lowest BCUT2D eigenvalue weighted by molar-refractivity contribution is 0.187. The topological polar surface area (TPSA) is 85.8 Å². The highest BCUT2D eigenvalue weighted by Crippen LogP contribution is 2.15. The Morgan fingerprint density at radius 2 is 2.08 bits per heavy atom. The summed E-state index contributed by atoms with van der Waals surface area (Å²) < 4.78 is 27.0. The van der Waals surface area contributed by atoms with Crippen molar-refractivity contribution < 1.29 is 8.42 Å². The van der Waals surface area contributed by atoms with Crippen molar-refractivity contribution in [1.29, 1.82) is 0 Å². The highest BCUT2D eigenvalue weighted by Gasteiger charge is 2.20. The van der Waals surface area contributed by atoms with Crippen molar-refractivity contribution in [2.45, 2.75) is 36.9 Å². The molecule has 0 atom stereocenters. The first kappa shape index (κ1) is 21.1. The Kier molecular flexibility index (Phi) is 8.33. The number of hydrogen-bond donors (Lipinski definition) is 3. The molecule has 0 spiro atoms. The Morgan fingerprint density at radius 3 is 2.65 bits per heavy atom. The smallest absolute Gasteiger partial charge is 0.250 e. The molecule has 1 fully saturated rings. The van der Waals surface area contributed by atoms with E-state index in [0.29, 0.717) is 29.3 Å². The van der Waals surface area contributed by atoms with Gasteiger partial charge in [-0.3, -0.25) is 4.99 Å². The molecule has 0 bridgehead atoms. The summed E-state index contributed by atoms with van der Waals surface area (Å²) in [5, 5.41) is 8.38.